The van der Waals surface area contributed by atoms with Crippen molar-refractivity contribution in [2.45, 2.75) is 24.2 Å². The second-order valence-corrected chi connectivity index (χ2v) is 6.16. The molecule has 0 radical (unpaired) electrons. The number of nitrogens with two attached hydrogens (primary N) is 1. The van der Waals surface area contributed by atoms with Crippen LogP contribution >= 0.6 is 12.4 Å². The van der Waals surface area contributed by atoms with Crippen LogP contribution in [0.3, 0.4) is 0 Å². The monoisotopic (exact) mass is 356 g/mol. The Balaban J connectivity index is 0.00000242. The summed E-state index contributed by atoms with van der Waals surface area (Å²) in [6.45, 7) is -0.203. The van der Waals surface area contributed by atoms with Crippen molar-refractivity contribution >= 4 is 33.5 Å². The molecule has 22 heavy (non-hydrogen) atoms. The quantitative estimate of drug-likeness (QED) is 0.801. The molecule has 0 aliphatic rings. The standard InChI is InChI=1S/C11H14F2N4O3S.ClH/c1-2-9-8-3-7(4-15-10(8)20-17-9)21(18,19)16-6-11(12,13)5-14;/h3-4,16H,2,5-6,14H2,1H3;1H. The van der Waals surface area contributed by atoms with Crippen LogP contribution in [0.25, 0.3) is 11.1 Å². The highest BCUT2D eigenvalue weighted by Crippen LogP contribution is 2.21. The van der Waals surface area contributed by atoms with E-state index in [1.807, 2.05) is 11.6 Å². The van der Waals surface area contributed by atoms with Crippen LogP contribution in [-0.4, -0.2) is 37.6 Å². The molecule has 0 saturated carbocycles. The molecule has 7 nitrogen and oxygen atoms in total. The van der Waals surface area contributed by atoms with Gasteiger partial charge >= 0.3 is 0 Å². The number of hydrogen-bond donors (Lipinski definition) is 2. The Labute approximate surface area is 131 Å². The third kappa shape index (κ3) is 3.88. The zero-order chi connectivity index (χ0) is 15.7. The van der Waals surface area contributed by atoms with Crippen LogP contribution in [0.1, 0.15) is 12.6 Å². The van der Waals surface area contributed by atoms with Crippen LogP contribution in [0.5, 0.6) is 0 Å². The first kappa shape index (κ1) is 18.7. The molecule has 0 unspecified atom stereocenters. The van der Waals surface area contributed by atoms with E-state index in [0.717, 1.165) is 6.20 Å². The number of nitrogens with one attached hydrogen (secondary N) is 1. The molecule has 2 rings (SSSR count). The highest BCUT2D eigenvalue weighted by atomic mass is 35.5. The van der Waals surface area contributed by atoms with E-state index in [9.17, 15) is 17.2 Å². The lowest BCUT2D eigenvalue weighted by molar-refractivity contribution is 0.0170. The van der Waals surface area contributed by atoms with Gasteiger partial charge in [-0.1, -0.05) is 12.1 Å². The van der Waals surface area contributed by atoms with Crippen molar-refractivity contribution in [3.05, 3.63) is 18.0 Å². The maximum absolute atomic E-state index is 13.0. The van der Waals surface area contributed by atoms with Crippen molar-refractivity contribution in [2.75, 3.05) is 13.1 Å². The Bertz CT molecular complexity index is 751. The SMILES string of the molecule is CCc1noc2ncc(S(=O)(=O)NCC(F)(F)CN)cc12.Cl. The van der Waals surface area contributed by atoms with Gasteiger partial charge in [0.05, 0.1) is 30.4 Å². The van der Waals surface area contributed by atoms with E-state index >= 15 is 0 Å². The molecule has 11 heteroatoms. The molecule has 2 heterocycles. The Hall–Kier alpha value is -1.36. The van der Waals surface area contributed by atoms with Crippen LogP contribution in [0.2, 0.25) is 0 Å². The smallest absolute Gasteiger partial charge is 0.273 e. The maximum Gasteiger partial charge on any atom is 0.273 e. The fourth-order valence-corrected chi connectivity index (χ4v) is 2.65. The number of alkyl halides is 2. The van der Waals surface area contributed by atoms with Crippen molar-refractivity contribution in [3.8, 4) is 0 Å². The molecule has 0 aromatic carbocycles. The number of nitrogens with zero attached hydrogens (tertiary/aromatic N) is 2. The van der Waals surface area contributed by atoms with Gasteiger partial charge in [0.15, 0.2) is 0 Å². The number of aromatic nitrogens is 2. The van der Waals surface area contributed by atoms with E-state index in [1.54, 1.807) is 0 Å². The average molecular weight is 357 g/mol. The number of rotatable bonds is 6. The molecule has 3 N–H and O–H groups in total. The molecule has 0 spiro atoms. The van der Waals surface area contributed by atoms with Gasteiger partial charge in [-0.2, -0.15) is 0 Å². The maximum atomic E-state index is 13.0. The summed E-state index contributed by atoms with van der Waals surface area (Å²) in [7, 11) is -4.12. The van der Waals surface area contributed by atoms with Crippen LogP contribution in [-0.2, 0) is 16.4 Å². The van der Waals surface area contributed by atoms with E-state index in [1.165, 1.54) is 6.07 Å². The van der Waals surface area contributed by atoms with Crippen LogP contribution in [0, 0.1) is 0 Å². The summed E-state index contributed by atoms with van der Waals surface area (Å²) < 4.78 is 56.8. The number of aryl methyl sites for hydroxylation is 1. The number of halogens is 3. The lowest BCUT2D eigenvalue weighted by Gasteiger charge is -2.14. The first-order chi connectivity index (χ1) is 9.79. The number of hydrogen-bond acceptors (Lipinski definition) is 6. The molecule has 0 fully saturated rings. The minimum atomic E-state index is -4.12. The molecule has 2 aromatic rings. The molecule has 0 aliphatic carbocycles. The van der Waals surface area contributed by atoms with Crippen molar-refractivity contribution in [1.82, 2.24) is 14.9 Å². The van der Waals surface area contributed by atoms with Gasteiger partial charge in [0.2, 0.25) is 10.0 Å². The van der Waals surface area contributed by atoms with Gasteiger partial charge in [-0.15, -0.1) is 12.4 Å². The summed E-state index contributed by atoms with van der Waals surface area (Å²) in [5.74, 6) is -3.31. The van der Waals surface area contributed by atoms with Gasteiger partial charge in [0.1, 0.15) is 4.90 Å². The molecular weight excluding hydrogens is 342 g/mol. The Kier molecular flexibility index (Phi) is 5.79. The normalized spacial score (nSPS) is 12.4. The van der Waals surface area contributed by atoms with Crippen molar-refractivity contribution in [3.63, 3.8) is 0 Å². The number of pyridine rings is 1. The number of sulfonamides is 1. The number of fused-ring (bicyclic) bond motifs is 1. The second kappa shape index (κ2) is 6.82. The summed E-state index contributed by atoms with van der Waals surface area (Å²) in [5.41, 5.74) is 5.59. The van der Waals surface area contributed by atoms with Gasteiger partial charge < -0.3 is 10.3 Å². The molecule has 2 aromatic heterocycles. The third-order valence-electron chi connectivity index (χ3n) is 2.84. The summed E-state index contributed by atoms with van der Waals surface area (Å²) >= 11 is 0. The lowest BCUT2D eigenvalue weighted by Crippen LogP contribution is -2.41. The Morgan fingerprint density at radius 3 is 2.73 bits per heavy atom. The van der Waals surface area contributed by atoms with Gasteiger partial charge in [-0.3, -0.25) is 0 Å². The molecular formula is C11H15ClF2N4O3S. The highest BCUT2D eigenvalue weighted by molar-refractivity contribution is 7.89. The Morgan fingerprint density at radius 2 is 2.14 bits per heavy atom. The minimum Gasteiger partial charge on any atom is -0.336 e. The zero-order valence-electron chi connectivity index (χ0n) is 11.5. The predicted octanol–water partition coefficient (Wildman–Crippen LogP) is 1.08. The van der Waals surface area contributed by atoms with E-state index in [-0.39, 0.29) is 23.0 Å². The molecule has 0 amide bonds. The van der Waals surface area contributed by atoms with Crippen molar-refractivity contribution in [2.24, 2.45) is 5.73 Å². The average Bonchev–Trinajstić information content (AvgIpc) is 2.87. The van der Waals surface area contributed by atoms with E-state index in [4.69, 9.17) is 10.3 Å². The molecule has 124 valence electrons. The van der Waals surface area contributed by atoms with Gasteiger partial charge in [-0.25, -0.2) is 26.9 Å². The van der Waals surface area contributed by atoms with Crippen LogP contribution in [0.4, 0.5) is 8.78 Å². The fourth-order valence-electron chi connectivity index (χ4n) is 1.62. The van der Waals surface area contributed by atoms with Gasteiger partial charge in [0, 0.05) is 0 Å². The topological polar surface area (TPSA) is 111 Å². The summed E-state index contributed by atoms with van der Waals surface area (Å²) in [6, 6.07) is 1.29. The second-order valence-electron chi connectivity index (χ2n) is 4.39. The first-order valence-electron chi connectivity index (χ1n) is 6.11. The fraction of sp³-hybridized carbons (Fsp3) is 0.455. The lowest BCUT2D eigenvalue weighted by atomic mass is 10.2. The van der Waals surface area contributed by atoms with Gasteiger partial charge in [-0.05, 0) is 12.5 Å². The largest absolute Gasteiger partial charge is 0.336 e. The molecule has 0 bridgehead atoms. The predicted molar refractivity (Wildman–Crippen MR) is 77.6 cm³/mol. The zero-order valence-corrected chi connectivity index (χ0v) is 13.2. The van der Waals surface area contributed by atoms with Gasteiger partial charge in [0.25, 0.3) is 11.6 Å². The molecule has 0 saturated heterocycles. The van der Waals surface area contributed by atoms with Crippen LogP contribution in [0.15, 0.2) is 21.7 Å². The Morgan fingerprint density at radius 1 is 1.45 bits per heavy atom. The summed E-state index contributed by atoms with van der Waals surface area (Å²) in [5, 5.41) is 4.18. The van der Waals surface area contributed by atoms with Crippen LogP contribution < -0.4 is 10.5 Å². The first-order valence-corrected chi connectivity index (χ1v) is 7.59. The highest BCUT2D eigenvalue weighted by Gasteiger charge is 2.29. The summed E-state index contributed by atoms with van der Waals surface area (Å²) in [6.07, 6.45) is 1.55. The minimum absolute atomic E-state index is 0. The van der Waals surface area contributed by atoms with E-state index < -0.39 is 29.0 Å². The third-order valence-corrected chi connectivity index (χ3v) is 4.21. The van der Waals surface area contributed by atoms with Crippen molar-refractivity contribution in [1.29, 1.82) is 0 Å². The van der Waals surface area contributed by atoms with E-state index in [0.29, 0.717) is 17.5 Å². The summed E-state index contributed by atoms with van der Waals surface area (Å²) in [4.78, 5) is 3.58. The van der Waals surface area contributed by atoms with Crippen molar-refractivity contribution < 1.29 is 21.7 Å². The molecule has 0 atom stereocenters. The molecule has 0 aliphatic heterocycles. The van der Waals surface area contributed by atoms with E-state index in [2.05, 4.69) is 10.1 Å².